The Balaban J connectivity index is 1.58. The molecule has 1 aliphatic rings. The number of ether oxygens (including phenoxy) is 1. The second kappa shape index (κ2) is 7.89. The first-order chi connectivity index (χ1) is 12.2. The Kier molecular flexibility index (Phi) is 5.39. The van der Waals surface area contributed by atoms with E-state index in [2.05, 4.69) is 20.2 Å². The molecule has 3 heterocycles. The fraction of sp³-hybridized carbons (Fsp3) is 0.412. The second-order valence-electron chi connectivity index (χ2n) is 6.00. The molecule has 1 unspecified atom stereocenters. The van der Waals surface area contributed by atoms with Crippen LogP contribution >= 0.6 is 0 Å². The minimum absolute atomic E-state index is 0.123. The number of nitro groups is 1. The molecule has 0 spiro atoms. The molecule has 1 N–H and O–H groups in total. The summed E-state index contributed by atoms with van der Waals surface area (Å²) in [5.74, 6) is 0.489. The molecule has 2 aromatic heterocycles. The lowest BCUT2D eigenvalue weighted by molar-refractivity contribution is -0.389. The van der Waals surface area contributed by atoms with Gasteiger partial charge in [-0.3, -0.25) is 0 Å². The van der Waals surface area contributed by atoms with Crippen molar-refractivity contribution in [1.82, 2.24) is 15.3 Å². The van der Waals surface area contributed by atoms with Crippen molar-refractivity contribution in [2.24, 2.45) is 0 Å². The van der Waals surface area contributed by atoms with Gasteiger partial charge >= 0.3 is 5.82 Å². The van der Waals surface area contributed by atoms with Crippen molar-refractivity contribution in [3.8, 4) is 5.88 Å². The van der Waals surface area contributed by atoms with Crippen LogP contribution in [0.4, 0.5) is 11.5 Å². The minimum Gasteiger partial charge on any atom is -0.481 e. The molecule has 0 saturated carbocycles. The van der Waals surface area contributed by atoms with E-state index in [1.807, 2.05) is 12.1 Å². The van der Waals surface area contributed by atoms with Gasteiger partial charge in [-0.15, -0.1) is 0 Å². The standard InChI is InChI=1S/C17H21N5O3/c1-25-17-9-13(6-7-18-17)10-19-14-3-2-8-21(12-14)15-4-5-16(20-11-15)22(23)24/h4-7,9,11,14,19H,2-3,8,10,12H2,1H3. The maximum absolute atomic E-state index is 10.7. The van der Waals surface area contributed by atoms with Gasteiger partial charge in [0.1, 0.15) is 0 Å². The summed E-state index contributed by atoms with van der Waals surface area (Å²) in [5, 5.41) is 14.3. The summed E-state index contributed by atoms with van der Waals surface area (Å²) in [6.45, 7) is 2.53. The molecule has 0 radical (unpaired) electrons. The zero-order chi connectivity index (χ0) is 17.6. The maximum atomic E-state index is 10.7. The molecule has 8 heteroatoms. The number of piperidine rings is 1. The third kappa shape index (κ3) is 4.42. The van der Waals surface area contributed by atoms with Gasteiger partial charge in [0, 0.05) is 44.0 Å². The van der Waals surface area contributed by atoms with Crippen LogP contribution in [0.5, 0.6) is 5.88 Å². The number of rotatable bonds is 6. The van der Waals surface area contributed by atoms with E-state index in [9.17, 15) is 10.1 Å². The van der Waals surface area contributed by atoms with E-state index in [-0.39, 0.29) is 5.82 Å². The van der Waals surface area contributed by atoms with Crippen molar-refractivity contribution in [3.63, 3.8) is 0 Å². The third-order valence-corrected chi connectivity index (χ3v) is 4.31. The highest BCUT2D eigenvalue weighted by molar-refractivity contribution is 5.47. The summed E-state index contributed by atoms with van der Waals surface area (Å²) in [7, 11) is 1.61. The van der Waals surface area contributed by atoms with Gasteiger partial charge in [0.15, 0.2) is 6.20 Å². The number of hydrogen-bond donors (Lipinski definition) is 1. The highest BCUT2D eigenvalue weighted by Gasteiger charge is 2.21. The zero-order valence-electron chi connectivity index (χ0n) is 14.1. The first-order valence-corrected chi connectivity index (χ1v) is 8.23. The predicted octanol–water partition coefficient (Wildman–Crippen LogP) is 2.15. The van der Waals surface area contributed by atoms with Crippen molar-refractivity contribution < 1.29 is 9.66 Å². The number of hydrogen-bond acceptors (Lipinski definition) is 7. The largest absolute Gasteiger partial charge is 0.481 e. The first-order valence-electron chi connectivity index (χ1n) is 8.23. The minimum atomic E-state index is -0.479. The van der Waals surface area contributed by atoms with Gasteiger partial charge in [0.25, 0.3) is 0 Å². The quantitative estimate of drug-likeness (QED) is 0.634. The number of pyridine rings is 2. The molecule has 1 aliphatic heterocycles. The van der Waals surface area contributed by atoms with Crippen molar-refractivity contribution >= 4 is 11.5 Å². The van der Waals surface area contributed by atoms with Crippen LogP contribution in [0.1, 0.15) is 18.4 Å². The SMILES string of the molecule is COc1cc(CNC2CCCN(c3ccc([N+](=O)[O-])nc3)C2)ccn1. The Morgan fingerprint density at radius 2 is 2.28 bits per heavy atom. The Bertz CT molecular complexity index is 722. The highest BCUT2D eigenvalue weighted by atomic mass is 16.6. The van der Waals surface area contributed by atoms with Crippen LogP contribution in [0.15, 0.2) is 36.7 Å². The van der Waals surface area contributed by atoms with Crippen LogP contribution in [0.2, 0.25) is 0 Å². The van der Waals surface area contributed by atoms with Gasteiger partial charge in [-0.2, -0.15) is 0 Å². The summed E-state index contributed by atoms with van der Waals surface area (Å²) in [4.78, 5) is 20.5. The van der Waals surface area contributed by atoms with Crippen LogP contribution < -0.4 is 15.0 Å². The number of methoxy groups -OCH3 is 1. The van der Waals surface area contributed by atoms with Crippen LogP contribution in [0.25, 0.3) is 0 Å². The molecule has 25 heavy (non-hydrogen) atoms. The molecule has 132 valence electrons. The van der Waals surface area contributed by atoms with Crippen LogP contribution in [0, 0.1) is 10.1 Å². The predicted molar refractivity (Wildman–Crippen MR) is 93.8 cm³/mol. The molecule has 0 aromatic carbocycles. The summed E-state index contributed by atoms with van der Waals surface area (Å²) in [5.41, 5.74) is 2.05. The fourth-order valence-electron chi connectivity index (χ4n) is 2.99. The summed E-state index contributed by atoms with van der Waals surface area (Å²) in [6.07, 6.45) is 5.48. The lowest BCUT2D eigenvalue weighted by Crippen LogP contribution is -2.45. The number of nitrogens with zero attached hydrogens (tertiary/aromatic N) is 4. The molecular weight excluding hydrogens is 322 g/mol. The molecular formula is C17H21N5O3. The lowest BCUT2D eigenvalue weighted by atomic mass is 10.0. The van der Waals surface area contributed by atoms with Gasteiger partial charge in [0.2, 0.25) is 5.88 Å². The van der Waals surface area contributed by atoms with E-state index in [4.69, 9.17) is 4.74 Å². The zero-order valence-corrected chi connectivity index (χ0v) is 14.1. The van der Waals surface area contributed by atoms with Crippen LogP contribution in [-0.4, -0.2) is 41.1 Å². The average Bonchev–Trinajstić information content (AvgIpc) is 2.67. The Labute approximate surface area is 146 Å². The molecule has 1 atom stereocenters. The summed E-state index contributed by atoms with van der Waals surface area (Å²) in [6, 6.07) is 7.46. The maximum Gasteiger partial charge on any atom is 0.363 e. The van der Waals surface area contributed by atoms with Crippen LogP contribution in [0.3, 0.4) is 0 Å². The van der Waals surface area contributed by atoms with Crippen LogP contribution in [-0.2, 0) is 6.54 Å². The van der Waals surface area contributed by atoms with Gasteiger partial charge in [-0.05, 0) is 40.4 Å². The fourth-order valence-corrected chi connectivity index (χ4v) is 2.99. The van der Waals surface area contributed by atoms with Gasteiger partial charge < -0.3 is 25.1 Å². The van der Waals surface area contributed by atoms with Gasteiger partial charge in [0.05, 0.1) is 12.8 Å². The normalized spacial score (nSPS) is 17.3. The smallest absolute Gasteiger partial charge is 0.363 e. The topological polar surface area (TPSA) is 93.4 Å². The average molecular weight is 343 g/mol. The van der Waals surface area contributed by atoms with Crippen molar-refractivity contribution in [3.05, 3.63) is 52.3 Å². The first kappa shape index (κ1) is 17.1. The van der Waals surface area contributed by atoms with E-state index >= 15 is 0 Å². The number of aromatic nitrogens is 2. The summed E-state index contributed by atoms with van der Waals surface area (Å²) >= 11 is 0. The van der Waals surface area contributed by atoms with Crippen molar-refractivity contribution in [2.45, 2.75) is 25.4 Å². The van der Waals surface area contributed by atoms with Crippen molar-refractivity contribution in [2.75, 3.05) is 25.1 Å². The van der Waals surface area contributed by atoms with E-state index < -0.39 is 4.92 Å². The molecule has 3 rings (SSSR count). The molecule has 0 bridgehead atoms. The Morgan fingerprint density at radius 3 is 3.00 bits per heavy atom. The van der Waals surface area contributed by atoms with E-state index in [1.54, 1.807) is 25.6 Å². The Morgan fingerprint density at radius 1 is 1.40 bits per heavy atom. The summed E-state index contributed by atoms with van der Waals surface area (Å²) < 4.78 is 5.15. The molecule has 1 saturated heterocycles. The highest BCUT2D eigenvalue weighted by Crippen LogP contribution is 2.21. The molecule has 0 amide bonds. The van der Waals surface area contributed by atoms with Gasteiger partial charge in [-0.1, -0.05) is 0 Å². The number of anilines is 1. The van der Waals surface area contributed by atoms with Gasteiger partial charge in [-0.25, -0.2) is 4.98 Å². The molecule has 0 aliphatic carbocycles. The number of nitrogens with one attached hydrogen (secondary N) is 1. The van der Waals surface area contributed by atoms with E-state index in [1.165, 1.54) is 6.07 Å². The van der Waals surface area contributed by atoms with E-state index in [0.717, 1.165) is 43.7 Å². The second-order valence-corrected chi connectivity index (χ2v) is 6.00. The van der Waals surface area contributed by atoms with Crippen molar-refractivity contribution in [1.29, 1.82) is 0 Å². The third-order valence-electron chi connectivity index (χ3n) is 4.31. The lowest BCUT2D eigenvalue weighted by Gasteiger charge is -2.34. The molecule has 2 aromatic rings. The Hall–Kier alpha value is -2.74. The molecule has 8 nitrogen and oxygen atoms in total. The molecule has 1 fully saturated rings. The van der Waals surface area contributed by atoms with E-state index in [0.29, 0.717) is 11.9 Å². The monoisotopic (exact) mass is 343 g/mol.